The molecule has 2 unspecified atom stereocenters. The second-order valence-electron chi connectivity index (χ2n) is 8.94. The number of aryl methyl sites for hydroxylation is 2. The molecule has 0 saturated heterocycles. The first-order valence-corrected chi connectivity index (χ1v) is 14.1. The molecule has 2 heterocycles. The van der Waals surface area contributed by atoms with E-state index in [-0.39, 0.29) is 11.2 Å². The van der Waals surface area contributed by atoms with Gasteiger partial charge in [-0.05, 0) is 50.8 Å². The van der Waals surface area contributed by atoms with Crippen molar-refractivity contribution in [2.24, 2.45) is 0 Å². The Kier molecular flexibility index (Phi) is 9.81. The molecule has 2 aliphatic rings. The first-order chi connectivity index (χ1) is 17.3. The lowest BCUT2D eigenvalue weighted by Gasteiger charge is -2.17. The van der Waals surface area contributed by atoms with Crippen molar-refractivity contribution in [3.05, 3.63) is 59.8 Å². The summed E-state index contributed by atoms with van der Waals surface area (Å²) >= 11 is 0. The average molecular weight is 511 g/mol. The Morgan fingerprint density at radius 1 is 1.22 bits per heavy atom. The fraction of sp³-hybridized carbons (Fsp3) is 0.464. The molecule has 5 rings (SSSR count). The van der Waals surface area contributed by atoms with Crippen molar-refractivity contribution in [2.45, 2.75) is 65.0 Å². The highest BCUT2D eigenvalue weighted by atomic mass is 32.2. The molecular formula is C28H38N4O3S. The zero-order chi connectivity index (χ0) is 26.2. The Hall–Kier alpha value is -3.00. The molecule has 36 heavy (non-hydrogen) atoms. The van der Waals surface area contributed by atoms with Gasteiger partial charge in [-0.3, -0.25) is 9.00 Å². The van der Waals surface area contributed by atoms with Crippen LogP contribution in [0.1, 0.15) is 63.2 Å². The Morgan fingerprint density at radius 3 is 2.56 bits per heavy atom. The van der Waals surface area contributed by atoms with E-state index in [0.717, 1.165) is 45.9 Å². The maximum absolute atomic E-state index is 11.8. The summed E-state index contributed by atoms with van der Waals surface area (Å²) in [6.07, 6.45) is 11.3. The summed E-state index contributed by atoms with van der Waals surface area (Å²) in [5, 5.41) is 4.14. The van der Waals surface area contributed by atoms with Crippen LogP contribution >= 0.6 is 0 Å². The second kappa shape index (κ2) is 12.8. The van der Waals surface area contributed by atoms with Crippen LogP contribution in [0.4, 0.5) is 0 Å². The lowest BCUT2D eigenvalue weighted by Crippen LogP contribution is -2.30. The van der Waals surface area contributed by atoms with Crippen molar-refractivity contribution >= 4 is 27.7 Å². The predicted molar refractivity (Wildman–Crippen MR) is 147 cm³/mol. The van der Waals surface area contributed by atoms with Gasteiger partial charge < -0.3 is 14.4 Å². The van der Waals surface area contributed by atoms with Gasteiger partial charge in [0.1, 0.15) is 11.6 Å². The van der Waals surface area contributed by atoms with Crippen molar-refractivity contribution in [3.63, 3.8) is 0 Å². The number of amides is 1. The molecule has 0 bridgehead atoms. The maximum Gasteiger partial charge on any atom is 0.219 e. The summed E-state index contributed by atoms with van der Waals surface area (Å²) in [6.45, 7) is 10.0. The van der Waals surface area contributed by atoms with Crippen LogP contribution in [0.3, 0.4) is 0 Å². The molecule has 1 N–H and O–H groups in total. The molecule has 1 fully saturated rings. The van der Waals surface area contributed by atoms with Gasteiger partial charge in [-0.1, -0.05) is 49.4 Å². The molecule has 8 heteroatoms. The van der Waals surface area contributed by atoms with Gasteiger partial charge in [-0.25, -0.2) is 4.98 Å². The molecule has 2 atom stereocenters. The molecule has 3 aromatic rings. The Balaban J connectivity index is 0.000000194. The number of benzene rings is 1. The number of hydrogen-bond donors (Lipinski definition) is 1. The fourth-order valence-electron chi connectivity index (χ4n) is 3.92. The fourth-order valence-corrected chi connectivity index (χ4v) is 5.27. The van der Waals surface area contributed by atoms with E-state index >= 15 is 0 Å². The number of imidazole rings is 1. The standard InChI is InChI=1S/C15H15N3O.C11H17NO2S.C2H6/c1-8-14(9(2)19-18-8)11-5-6-12-13(7-11)17-15(16-12)10-3-4-10;1-10(13)12(2)8-9-15(14)11-6-4-3-5-7-11;1-2/h5-7,10H,3-4H2,1-2H3,(H,16,17);3-6,11H,7-9H2,1-2H3;1-2H3. The normalized spacial score (nSPS) is 17.1. The van der Waals surface area contributed by atoms with E-state index in [2.05, 4.69) is 33.3 Å². The zero-order valence-corrected chi connectivity index (χ0v) is 23.0. The summed E-state index contributed by atoms with van der Waals surface area (Å²) in [5.74, 6) is 3.21. The summed E-state index contributed by atoms with van der Waals surface area (Å²) < 4.78 is 17.1. The Labute approximate surface area is 216 Å². The first kappa shape index (κ1) is 27.6. The minimum Gasteiger partial charge on any atom is -0.361 e. The number of nitrogens with zero attached hydrogens (tertiary/aromatic N) is 3. The number of carbonyl (C=O) groups excluding carboxylic acids is 1. The summed E-state index contributed by atoms with van der Waals surface area (Å²) in [7, 11) is 0.857. The molecule has 2 aliphatic carbocycles. The van der Waals surface area contributed by atoms with E-state index < -0.39 is 10.8 Å². The number of hydrogen-bond acceptors (Lipinski definition) is 5. The smallest absolute Gasteiger partial charge is 0.219 e. The van der Waals surface area contributed by atoms with E-state index in [9.17, 15) is 9.00 Å². The molecule has 7 nitrogen and oxygen atoms in total. The number of allylic oxidation sites excluding steroid dienone is 3. The number of fused-ring (bicyclic) bond motifs is 1. The van der Waals surface area contributed by atoms with Gasteiger partial charge in [-0.2, -0.15) is 0 Å². The van der Waals surface area contributed by atoms with Crippen LogP contribution in [-0.4, -0.2) is 54.7 Å². The first-order valence-electron chi connectivity index (χ1n) is 12.7. The molecule has 0 radical (unpaired) electrons. The average Bonchev–Trinajstić information content (AvgIpc) is 3.58. The third-order valence-electron chi connectivity index (χ3n) is 6.23. The minimum absolute atomic E-state index is 0.0195. The van der Waals surface area contributed by atoms with Crippen LogP contribution in [0.2, 0.25) is 0 Å². The number of aromatic nitrogens is 3. The Morgan fingerprint density at radius 2 is 1.97 bits per heavy atom. The molecule has 0 spiro atoms. The van der Waals surface area contributed by atoms with Crippen molar-refractivity contribution < 1.29 is 13.5 Å². The summed E-state index contributed by atoms with van der Waals surface area (Å²) in [4.78, 5) is 20.6. The molecule has 194 valence electrons. The number of nitrogens with one attached hydrogen (secondary N) is 1. The van der Waals surface area contributed by atoms with Gasteiger partial charge in [0.15, 0.2) is 0 Å². The SMILES string of the molecule is CC.CC(=O)N(C)CCS(=O)C1C=CC=CC1.Cc1noc(C)c1-c1ccc2nc(C3CC3)[nH]c2c1. The number of carbonyl (C=O) groups is 1. The summed E-state index contributed by atoms with van der Waals surface area (Å²) in [6, 6.07) is 6.30. The topological polar surface area (TPSA) is 92.1 Å². The van der Waals surface area contributed by atoms with Crippen LogP contribution in [0.25, 0.3) is 22.2 Å². The predicted octanol–water partition coefficient (Wildman–Crippen LogP) is 5.84. The van der Waals surface area contributed by atoms with E-state index in [1.54, 1.807) is 11.9 Å². The molecule has 1 saturated carbocycles. The van der Waals surface area contributed by atoms with Crippen LogP contribution < -0.4 is 0 Å². The van der Waals surface area contributed by atoms with Crippen LogP contribution in [0.5, 0.6) is 0 Å². The quantitative estimate of drug-likeness (QED) is 0.450. The van der Waals surface area contributed by atoms with E-state index in [4.69, 9.17) is 4.52 Å². The van der Waals surface area contributed by atoms with Crippen molar-refractivity contribution in [2.75, 3.05) is 19.3 Å². The van der Waals surface area contributed by atoms with Gasteiger partial charge in [0.05, 0.1) is 22.0 Å². The Bertz CT molecular complexity index is 1230. The zero-order valence-electron chi connectivity index (χ0n) is 22.2. The van der Waals surface area contributed by atoms with Crippen LogP contribution in [0, 0.1) is 13.8 Å². The van der Waals surface area contributed by atoms with Gasteiger partial charge in [0.2, 0.25) is 5.91 Å². The highest BCUT2D eigenvalue weighted by Gasteiger charge is 2.26. The molecule has 1 amide bonds. The monoisotopic (exact) mass is 510 g/mol. The second-order valence-corrected chi connectivity index (χ2v) is 10.7. The third kappa shape index (κ3) is 7.03. The van der Waals surface area contributed by atoms with Gasteiger partial charge in [0, 0.05) is 48.5 Å². The molecule has 1 aromatic carbocycles. The van der Waals surface area contributed by atoms with E-state index in [1.807, 2.05) is 52.0 Å². The third-order valence-corrected chi connectivity index (χ3v) is 7.84. The molecule has 0 aliphatic heterocycles. The van der Waals surface area contributed by atoms with Crippen molar-refractivity contribution in [1.29, 1.82) is 0 Å². The van der Waals surface area contributed by atoms with Crippen molar-refractivity contribution in [1.82, 2.24) is 20.0 Å². The largest absolute Gasteiger partial charge is 0.361 e. The van der Waals surface area contributed by atoms with Crippen LogP contribution in [0.15, 0.2) is 47.0 Å². The van der Waals surface area contributed by atoms with E-state index in [0.29, 0.717) is 18.2 Å². The summed E-state index contributed by atoms with van der Waals surface area (Å²) in [5.41, 5.74) is 5.29. The van der Waals surface area contributed by atoms with Gasteiger partial charge in [0.25, 0.3) is 0 Å². The highest BCUT2D eigenvalue weighted by Crippen LogP contribution is 2.39. The minimum atomic E-state index is -0.876. The number of aromatic amines is 1. The highest BCUT2D eigenvalue weighted by molar-refractivity contribution is 7.85. The van der Waals surface area contributed by atoms with Crippen molar-refractivity contribution in [3.8, 4) is 11.1 Å². The molecule has 2 aromatic heterocycles. The lowest BCUT2D eigenvalue weighted by molar-refractivity contribution is -0.127. The van der Waals surface area contributed by atoms with E-state index in [1.165, 1.54) is 19.8 Å². The maximum atomic E-state index is 11.8. The molecular weight excluding hydrogens is 472 g/mol. The lowest BCUT2D eigenvalue weighted by atomic mass is 10.0. The van der Waals surface area contributed by atoms with Gasteiger partial charge in [-0.15, -0.1) is 0 Å². The number of H-pyrrole nitrogens is 1. The van der Waals surface area contributed by atoms with Gasteiger partial charge >= 0.3 is 0 Å². The number of rotatable bonds is 6. The van der Waals surface area contributed by atoms with Crippen LogP contribution in [-0.2, 0) is 15.6 Å².